The van der Waals surface area contributed by atoms with Gasteiger partial charge < -0.3 is 23.7 Å². The van der Waals surface area contributed by atoms with Gasteiger partial charge in [0.05, 0.1) is 4.90 Å². The molecule has 1 aromatic carbocycles. The Bertz CT molecular complexity index is 970. The molecule has 1 spiro atoms. The molecule has 11 heteroatoms. The van der Waals surface area contributed by atoms with Gasteiger partial charge in [-0.2, -0.15) is 8.42 Å². The fraction of sp³-hybridized carbons (Fsp3) is 0.579. The SMILES string of the molecule is CC(=O)OC1C2OC(C)(C)OC2OC12C(=O)OCC2OS(=O)(=O)c1ccc(C)cc1. The standard InChI is InChI=1S/C19H22O10S/c1-10-5-7-12(8-6-10)30(22,23)29-13-9-24-17(21)19(13)15(25-11(2)20)14-16(28-19)27-18(3,4)26-14/h5-8,13-16H,9H2,1-4H3. The molecule has 0 aliphatic carbocycles. The van der Waals surface area contributed by atoms with Crippen LogP contribution in [0.3, 0.4) is 0 Å². The molecule has 0 N–H and O–H groups in total. The van der Waals surface area contributed by atoms with Crippen LogP contribution in [0.4, 0.5) is 0 Å². The van der Waals surface area contributed by atoms with Crippen LogP contribution in [0.1, 0.15) is 26.3 Å². The van der Waals surface area contributed by atoms with Gasteiger partial charge in [0.25, 0.3) is 10.1 Å². The number of fused-ring (bicyclic) bond motifs is 1. The van der Waals surface area contributed by atoms with Gasteiger partial charge >= 0.3 is 11.9 Å². The summed E-state index contributed by atoms with van der Waals surface area (Å²) in [7, 11) is -4.28. The van der Waals surface area contributed by atoms with E-state index in [0.717, 1.165) is 12.5 Å². The van der Waals surface area contributed by atoms with Crippen LogP contribution in [0.2, 0.25) is 0 Å². The van der Waals surface area contributed by atoms with Crippen LogP contribution >= 0.6 is 0 Å². The highest BCUT2D eigenvalue weighted by Gasteiger charge is 2.74. The Kier molecular flexibility index (Phi) is 4.94. The smallest absolute Gasteiger partial charge is 0.345 e. The summed E-state index contributed by atoms with van der Waals surface area (Å²) < 4.78 is 58.6. The van der Waals surface area contributed by atoms with E-state index in [-0.39, 0.29) is 4.90 Å². The number of cyclic esters (lactones) is 1. The van der Waals surface area contributed by atoms with Crippen molar-refractivity contribution in [2.24, 2.45) is 0 Å². The van der Waals surface area contributed by atoms with E-state index in [1.165, 1.54) is 12.1 Å². The van der Waals surface area contributed by atoms with E-state index in [4.69, 9.17) is 27.9 Å². The number of rotatable bonds is 4. The average molecular weight is 442 g/mol. The molecule has 5 atom stereocenters. The van der Waals surface area contributed by atoms with E-state index in [9.17, 15) is 18.0 Å². The molecule has 3 fully saturated rings. The zero-order valence-electron chi connectivity index (χ0n) is 16.8. The Labute approximate surface area is 173 Å². The molecular formula is C19H22O10S. The van der Waals surface area contributed by atoms with Crippen LogP contribution in [0.5, 0.6) is 0 Å². The molecule has 1 aromatic rings. The van der Waals surface area contributed by atoms with E-state index in [0.29, 0.717) is 0 Å². The third kappa shape index (κ3) is 3.40. The summed E-state index contributed by atoms with van der Waals surface area (Å²) in [5, 5.41) is 0. The van der Waals surface area contributed by atoms with Gasteiger partial charge in [-0.3, -0.25) is 8.98 Å². The lowest BCUT2D eigenvalue weighted by Crippen LogP contribution is -2.58. The van der Waals surface area contributed by atoms with Gasteiger partial charge in [0, 0.05) is 6.92 Å². The van der Waals surface area contributed by atoms with Crippen molar-refractivity contribution in [2.45, 2.75) is 68.6 Å². The van der Waals surface area contributed by atoms with E-state index in [2.05, 4.69) is 0 Å². The van der Waals surface area contributed by atoms with E-state index in [1.54, 1.807) is 26.0 Å². The lowest BCUT2D eigenvalue weighted by Gasteiger charge is -2.33. The second-order valence-corrected chi connectivity index (χ2v) is 9.43. The third-order valence-corrected chi connectivity index (χ3v) is 6.46. The van der Waals surface area contributed by atoms with E-state index >= 15 is 0 Å². The molecule has 0 saturated carbocycles. The fourth-order valence-corrected chi connectivity index (χ4v) is 4.93. The van der Waals surface area contributed by atoms with Gasteiger partial charge in [0.1, 0.15) is 6.61 Å². The normalized spacial score (nSPS) is 34.7. The first-order valence-corrected chi connectivity index (χ1v) is 10.7. The predicted molar refractivity (Wildman–Crippen MR) is 97.4 cm³/mol. The van der Waals surface area contributed by atoms with Crippen LogP contribution in [0.25, 0.3) is 0 Å². The van der Waals surface area contributed by atoms with Crippen LogP contribution in [-0.4, -0.2) is 63.0 Å². The molecule has 5 unspecified atom stereocenters. The highest BCUT2D eigenvalue weighted by Crippen LogP contribution is 2.48. The Balaban J connectivity index is 1.69. The maximum Gasteiger partial charge on any atom is 0.345 e. The number of carbonyl (C=O) groups is 2. The first-order valence-electron chi connectivity index (χ1n) is 9.32. The summed E-state index contributed by atoms with van der Waals surface area (Å²) >= 11 is 0. The molecule has 0 aromatic heterocycles. The first kappa shape index (κ1) is 21.2. The van der Waals surface area contributed by atoms with E-state index < -0.39 is 64.7 Å². The second kappa shape index (κ2) is 6.99. The van der Waals surface area contributed by atoms with Gasteiger partial charge in [-0.1, -0.05) is 17.7 Å². The fourth-order valence-electron chi connectivity index (χ4n) is 3.85. The topological polar surface area (TPSA) is 124 Å². The number of benzene rings is 1. The Morgan fingerprint density at radius 2 is 1.80 bits per heavy atom. The van der Waals surface area contributed by atoms with Gasteiger partial charge in [-0.05, 0) is 32.9 Å². The zero-order valence-corrected chi connectivity index (χ0v) is 17.6. The molecule has 0 radical (unpaired) electrons. The monoisotopic (exact) mass is 442 g/mol. The molecule has 4 rings (SSSR count). The lowest BCUT2D eigenvalue weighted by molar-refractivity contribution is -0.248. The number of aryl methyl sites for hydroxylation is 1. The van der Waals surface area contributed by atoms with Crippen molar-refractivity contribution in [3.63, 3.8) is 0 Å². The molecule has 3 heterocycles. The summed E-state index contributed by atoms with van der Waals surface area (Å²) in [5.74, 6) is -2.68. The molecule has 164 valence electrons. The molecule has 3 aliphatic rings. The Hall–Kier alpha value is -2.05. The molecule has 0 amide bonds. The summed E-state index contributed by atoms with van der Waals surface area (Å²) in [6.07, 6.45) is -4.79. The number of carbonyl (C=O) groups excluding carboxylic acids is 2. The van der Waals surface area contributed by atoms with Crippen LogP contribution in [0, 0.1) is 6.92 Å². The molecule has 0 bridgehead atoms. The number of esters is 2. The van der Waals surface area contributed by atoms with Crippen molar-refractivity contribution < 1.29 is 45.9 Å². The third-order valence-electron chi connectivity index (χ3n) is 5.13. The van der Waals surface area contributed by atoms with E-state index in [1.807, 2.05) is 6.92 Å². The molecule has 30 heavy (non-hydrogen) atoms. The minimum Gasteiger partial charge on any atom is -0.460 e. The predicted octanol–water partition coefficient (Wildman–Crippen LogP) is 0.804. The minimum absolute atomic E-state index is 0.0986. The highest BCUT2D eigenvalue weighted by molar-refractivity contribution is 7.86. The maximum atomic E-state index is 12.8. The summed E-state index contributed by atoms with van der Waals surface area (Å²) in [4.78, 5) is 24.4. The quantitative estimate of drug-likeness (QED) is 0.489. The number of hydrogen-bond acceptors (Lipinski definition) is 10. The van der Waals surface area contributed by atoms with Gasteiger partial charge in [-0.15, -0.1) is 0 Å². The largest absolute Gasteiger partial charge is 0.460 e. The Morgan fingerprint density at radius 1 is 1.13 bits per heavy atom. The van der Waals surface area contributed by atoms with Crippen molar-refractivity contribution in [2.75, 3.05) is 6.61 Å². The second-order valence-electron chi connectivity index (χ2n) is 7.86. The Morgan fingerprint density at radius 3 is 2.43 bits per heavy atom. The van der Waals surface area contributed by atoms with Crippen molar-refractivity contribution in [1.82, 2.24) is 0 Å². The van der Waals surface area contributed by atoms with Crippen molar-refractivity contribution >= 4 is 22.1 Å². The lowest BCUT2D eigenvalue weighted by atomic mass is 9.91. The average Bonchev–Trinajstić information content (AvgIpc) is 3.20. The highest BCUT2D eigenvalue weighted by atomic mass is 32.2. The first-order chi connectivity index (χ1) is 13.9. The van der Waals surface area contributed by atoms with Crippen LogP contribution in [-0.2, 0) is 47.6 Å². The molecule has 3 saturated heterocycles. The van der Waals surface area contributed by atoms with Gasteiger partial charge in [0.15, 0.2) is 30.4 Å². The minimum atomic E-state index is -4.28. The molecule has 3 aliphatic heterocycles. The zero-order chi connectivity index (χ0) is 21.9. The molecular weight excluding hydrogens is 420 g/mol. The number of hydrogen-bond donors (Lipinski definition) is 0. The van der Waals surface area contributed by atoms with Gasteiger partial charge in [-0.25, -0.2) is 4.79 Å². The summed E-state index contributed by atoms with van der Waals surface area (Å²) in [6, 6.07) is 6.00. The van der Waals surface area contributed by atoms with Crippen LogP contribution in [0.15, 0.2) is 29.2 Å². The van der Waals surface area contributed by atoms with Crippen LogP contribution < -0.4 is 0 Å². The van der Waals surface area contributed by atoms with Crippen molar-refractivity contribution in [1.29, 1.82) is 0 Å². The maximum absolute atomic E-state index is 12.8. The molecule has 10 nitrogen and oxygen atoms in total. The van der Waals surface area contributed by atoms with Crippen molar-refractivity contribution in [3.05, 3.63) is 29.8 Å². The summed E-state index contributed by atoms with van der Waals surface area (Å²) in [5.41, 5.74) is -1.18. The summed E-state index contributed by atoms with van der Waals surface area (Å²) in [6.45, 7) is 5.82. The van der Waals surface area contributed by atoms with Gasteiger partial charge in [0.2, 0.25) is 5.60 Å². The number of ether oxygens (including phenoxy) is 5. The van der Waals surface area contributed by atoms with Crippen molar-refractivity contribution in [3.8, 4) is 0 Å².